The highest BCUT2D eigenvalue weighted by Crippen LogP contribution is 2.21. The van der Waals surface area contributed by atoms with E-state index in [1.807, 2.05) is 47.0 Å². The van der Waals surface area contributed by atoms with Gasteiger partial charge >= 0.3 is 0 Å². The topological polar surface area (TPSA) is 115 Å². The van der Waals surface area contributed by atoms with Crippen molar-refractivity contribution in [2.45, 2.75) is 12.8 Å². The Bertz CT molecular complexity index is 1380. The van der Waals surface area contributed by atoms with Crippen molar-refractivity contribution >= 4 is 42.1 Å². The summed E-state index contributed by atoms with van der Waals surface area (Å²) >= 11 is 0. The smallest absolute Gasteiger partial charge is 0.212 e. The zero-order valence-electron chi connectivity index (χ0n) is 20.5. The molecule has 0 saturated carbocycles. The first kappa shape index (κ1) is 24.0. The second-order valence-electron chi connectivity index (χ2n) is 8.50. The zero-order chi connectivity index (χ0) is 25.1. The average Bonchev–Trinajstić information content (AvgIpc) is 3.38. The van der Waals surface area contributed by atoms with Crippen molar-refractivity contribution in [3.63, 3.8) is 0 Å². The number of hydrazone groups is 2. The van der Waals surface area contributed by atoms with Gasteiger partial charge in [-0.25, -0.2) is 15.8 Å². The molecule has 0 bridgehead atoms. The van der Waals surface area contributed by atoms with Crippen LogP contribution < -0.4 is 21.5 Å². The maximum Gasteiger partial charge on any atom is 0.212 e. The number of fused-ring (bicyclic) bond motifs is 1. The van der Waals surface area contributed by atoms with Crippen molar-refractivity contribution in [2.24, 2.45) is 20.2 Å². The second kappa shape index (κ2) is 12.3. The van der Waals surface area contributed by atoms with Gasteiger partial charge in [0.25, 0.3) is 0 Å². The number of aliphatic imine (C=N–C) groups is 2. The Morgan fingerprint density at radius 1 is 0.757 bits per heavy atom. The van der Waals surface area contributed by atoms with Crippen LogP contribution in [-0.2, 0) is 0 Å². The lowest BCUT2D eigenvalue weighted by Gasteiger charge is -2.12. The molecule has 0 unspecified atom stereocenters. The minimum Gasteiger partial charge on any atom is -0.355 e. The van der Waals surface area contributed by atoms with Crippen LogP contribution in [0.25, 0.3) is 29.1 Å². The first-order chi connectivity index (χ1) is 18.3. The predicted octanol–water partition coefficient (Wildman–Crippen LogP) is 2.88. The van der Waals surface area contributed by atoms with Crippen molar-refractivity contribution < 1.29 is 0 Å². The number of rotatable bonds is 7. The number of hydrogen-bond donors (Lipinski definition) is 4. The third kappa shape index (κ3) is 6.91. The van der Waals surface area contributed by atoms with Gasteiger partial charge < -0.3 is 15.0 Å². The molecule has 4 N–H and O–H groups in total. The monoisotopic (exact) mass is 494 g/mol. The summed E-state index contributed by atoms with van der Waals surface area (Å²) in [7, 11) is 0. The molecule has 0 saturated heterocycles. The van der Waals surface area contributed by atoms with Gasteiger partial charge in [0.05, 0.1) is 5.69 Å². The van der Waals surface area contributed by atoms with Gasteiger partial charge in [0.1, 0.15) is 5.65 Å². The van der Waals surface area contributed by atoms with Crippen molar-refractivity contribution in [1.82, 2.24) is 30.9 Å². The molecule has 1 aromatic carbocycles. The third-order valence-corrected chi connectivity index (χ3v) is 5.71. The summed E-state index contributed by atoms with van der Waals surface area (Å²) < 4.78 is 2.04. The number of hydrogen-bond acceptors (Lipinski definition) is 9. The normalized spacial score (nSPS) is 16.3. The number of nitrogens with zero attached hydrogens (tertiary/aromatic N) is 6. The Kier molecular flexibility index (Phi) is 7.97. The van der Waals surface area contributed by atoms with Crippen LogP contribution in [0.3, 0.4) is 0 Å². The van der Waals surface area contributed by atoms with Gasteiger partial charge in [-0.05, 0) is 48.3 Å². The van der Waals surface area contributed by atoms with Crippen molar-refractivity contribution in [1.29, 1.82) is 0 Å². The van der Waals surface area contributed by atoms with Gasteiger partial charge in [-0.2, -0.15) is 10.2 Å². The summed E-state index contributed by atoms with van der Waals surface area (Å²) in [5.74, 6) is 1.44. The highest BCUT2D eigenvalue weighted by atomic mass is 15.4. The predicted molar refractivity (Wildman–Crippen MR) is 152 cm³/mol. The number of pyridine rings is 1. The van der Waals surface area contributed by atoms with Crippen molar-refractivity contribution in [2.75, 3.05) is 26.2 Å². The van der Waals surface area contributed by atoms with Crippen LogP contribution in [0.5, 0.6) is 0 Å². The molecule has 0 spiro atoms. The highest BCUT2D eigenvalue weighted by Gasteiger charge is 2.05. The fourth-order valence-electron chi connectivity index (χ4n) is 3.82. The lowest BCUT2D eigenvalue weighted by molar-refractivity contribution is 0.712. The number of allylic oxidation sites excluding steroid dienone is 2. The van der Waals surface area contributed by atoms with E-state index in [1.165, 1.54) is 0 Å². The molecule has 188 valence electrons. The highest BCUT2D eigenvalue weighted by molar-refractivity contribution is 5.84. The Balaban J connectivity index is 1.16. The van der Waals surface area contributed by atoms with Crippen LogP contribution >= 0.6 is 0 Å². The van der Waals surface area contributed by atoms with E-state index in [2.05, 4.69) is 72.1 Å². The molecule has 2 aliphatic rings. The second-order valence-corrected chi connectivity index (χ2v) is 8.50. The lowest BCUT2D eigenvalue weighted by Crippen LogP contribution is -2.38. The molecule has 0 aliphatic carbocycles. The van der Waals surface area contributed by atoms with E-state index in [0.717, 1.165) is 79.0 Å². The maximum absolute atomic E-state index is 4.76. The van der Waals surface area contributed by atoms with E-state index < -0.39 is 0 Å². The minimum atomic E-state index is 0.719. The Morgan fingerprint density at radius 3 is 2.00 bits per heavy atom. The van der Waals surface area contributed by atoms with Crippen molar-refractivity contribution in [3.05, 3.63) is 72.1 Å². The quantitative estimate of drug-likeness (QED) is 0.298. The van der Waals surface area contributed by atoms with Crippen LogP contribution in [0.2, 0.25) is 0 Å². The number of nitrogens with one attached hydrogen (secondary N) is 4. The van der Waals surface area contributed by atoms with E-state index in [0.29, 0.717) is 0 Å². The van der Waals surface area contributed by atoms with E-state index in [4.69, 9.17) is 4.98 Å². The van der Waals surface area contributed by atoms with E-state index in [-0.39, 0.29) is 0 Å². The molecule has 2 aliphatic heterocycles. The van der Waals surface area contributed by atoms with Gasteiger partial charge in [-0.3, -0.25) is 9.98 Å². The van der Waals surface area contributed by atoms with Crippen LogP contribution in [0, 0.1) is 0 Å². The van der Waals surface area contributed by atoms with Crippen LogP contribution in [0.1, 0.15) is 24.0 Å². The fraction of sp³-hybridized carbons (Fsp3) is 0.222. The number of guanidine groups is 2. The molecule has 0 fully saturated rings. The summed E-state index contributed by atoms with van der Waals surface area (Å²) in [6.45, 7) is 3.52. The molecule has 10 heteroatoms. The lowest BCUT2D eigenvalue weighted by atomic mass is 10.1. The van der Waals surface area contributed by atoms with Gasteiger partial charge in [-0.15, -0.1) is 0 Å². The summed E-state index contributed by atoms with van der Waals surface area (Å²) in [5, 5.41) is 14.7. The largest absolute Gasteiger partial charge is 0.355 e. The summed E-state index contributed by atoms with van der Waals surface area (Å²) in [6.07, 6.45) is 17.4. The molecular formula is C27H30N10. The Labute approximate surface area is 215 Å². The fourth-order valence-corrected chi connectivity index (χ4v) is 3.82. The minimum absolute atomic E-state index is 0.719. The summed E-state index contributed by atoms with van der Waals surface area (Å²) in [5.41, 5.74) is 10.8. The molecule has 4 heterocycles. The Morgan fingerprint density at radius 2 is 1.38 bits per heavy atom. The third-order valence-electron chi connectivity index (χ3n) is 5.71. The van der Waals surface area contributed by atoms with Crippen LogP contribution in [0.4, 0.5) is 0 Å². The van der Waals surface area contributed by atoms with Gasteiger partial charge in [0.15, 0.2) is 0 Å². The van der Waals surface area contributed by atoms with Gasteiger partial charge in [0.2, 0.25) is 11.9 Å². The molecular weight excluding hydrogens is 464 g/mol. The molecule has 3 aromatic rings. The molecule has 10 nitrogen and oxygen atoms in total. The van der Waals surface area contributed by atoms with Crippen LogP contribution in [-0.4, -0.2) is 59.9 Å². The number of aromatic nitrogens is 2. The van der Waals surface area contributed by atoms with Gasteiger partial charge in [0, 0.05) is 56.6 Å². The maximum atomic E-state index is 4.76. The molecule has 37 heavy (non-hydrogen) atoms. The molecule has 0 atom stereocenters. The summed E-state index contributed by atoms with van der Waals surface area (Å²) in [4.78, 5) is 13.4. The molecule has 0 radical (unpaired) electrons. The molecule has 0 amide bonds. The van der Waals surface area contributed by atoms with Crippen LogP contribution in [0.15, 0.2) is 81.1 Å². The van der Waals surface area contributed by atoms with E-state index >= 15 is 0 Å². The average molecular weight is 495 g/mol. The summed E-state index contributed by atoms with van der Waals surface area (Å²) in [6, 6.07) is 12.3. The number of benzene rings is 1. The van der Waals surface area contributed by atoms with E-state index in [9.17, 15) is 0 Å². The van der Waals surface area contributed by atoms with E-state index in [1.54, 1.807) is 12.4 Å². The first-order valence-electron chi connectivity index (χ1n) is 12.4. The Hall–Kier alpha value is -4.73. The van der Waals surface area contributed by atoms with Crippen molar-refractivity contribution in [3.8, 4) is 11.3 Å². The number of imidazole rings is 1. The molecule has 2 aromatic heterocycles. The molecule has 5 rings (SSSR count). The SMILES string of the molecule is C(=C/c1ccc2nc(-c3ccc(/C=C/C=N/NC4=NCCCN4)cc3)cn2c1)/C=N/NC1=NCCCN1. The standard InChI is InChI=1S/C27H30N10/c1(17-32-35-26-28-13-3-14-29-26)5-21-7-10-23(11-8-21)24-20-37-19-22(9-12-25(37)34-24)6-2-18-33-36-27-30-15-4-16-31-27/h1-2,5-12,17-20H,3-4,13-16H2,(H2,28,29,35)(H2,30,31,36)/b5-1+,6-2-,32-17+,33-18+. The zero-order valence-corrected chi connectivity index (χ0v) is 20.5. The van der Waals surface area contributed by atoms with Gasteiger partial charge in [-0.1, -0.05) is 36.4 Å². The first-order valence-corrected chi connectivity index (χ1v) is 12.4.